The van der Waals surface area contributed by atoms with Crippen LogP contribution in [0.5, 0.6) is 0 Å². The molecule has 1 heterocycles. The summed E-state index contributed by atoms with van der Waals surface area (Å²) in [6.45, 7) is 5.99. The van der Waals surface area contributed by atoms with Crippen LogP contribution in [-0.2, 0) is 9.47 Å². The lowest BCUT2D eigenvalue weighted by molar-refractivity contribution is 0.101. The van der Waals surface area contributed by atoms with Gasteiger partial charge >= 0.3 is 0 Å². The van der Waals surface area contributed by atoms with E-state index in [0.717, 1.165) is 11.1 Å². The fourth-order valence-corrected chi connectivity index (χ4v) is 3.05. The van der Waals surface area contributed by atoms with Crippen LogP contribution in [0.2, 0.25) is 0 Å². The van der Waals surface area contributed by atoms with E-state index in [9.17, 15) is 0 Å². The maximum Gasteiger partial charge on any atom is 0.180 e. The van der Waals surface area contributed by atoms with Crippen LogP contribution in [0.4, 0.5) is 0 Å². The van der Waals surface area contributed by atoms with E-state index in [1.165, 1.54) is 5.56 Å². The summed E-state index contributed by atoms with van der Waals surface area (Å²) < 4.78 is 12.9. The Morgan fingerprint density at radius 2 is 1.29 bits per heavy atom. The van der Waals surface area contributed by atoms with Gasteiger partial charge < -0.3 is 14.9 Å². The molecule has 148 valence electrons. The first-order valence-electron chi connectivity index (χ1n) is 9.44. The Balaban J connectivity index is 2.08. The summed E-state index contributed by atoms with van der Waals surface area (Å²) >= 11 is 0. The molecule has 0 bridgehead atoms. The third-order valence-corrected chi connectivity index (χ3v) is 4.95. The fourth-order valence-electron chi connectivity index (χ4n) is 3.05. The Labute approximate surface area is 166 Å². The number of aryl methyl sites for hydroxylation is 1. The van der Waals surface area contributed by atoms with Gasteiger partial charge in [0, 0.05) is 14.2 Å². The average molecular weight is 380 g/mol. The number of nitrogens with one attached hydrogen (secondary N) is 1. The molecule has 0 saturated carbocycles. The number of ether oxygens (including phenoxy) is 2. The molecule has 3 rings (SSSR count). The number of benzene rings is 2. The molecule has 0 amide bonds. The lowest BCUT2D eigenvalue weighted by Gasteiger charge is -2.25. The van der Waals surface area contributed by atoms with Crippen molar-refractivity contribution in [3.05, 3.63) is 82.9 Å². The fraction of sp³-hybridized carbons (Fsp3) is 0.364. The smallest absolute Gasteiger partial charge is 0.180 e. The summed E-state index contributed by atoms with van der Waals surface area (Å²) in [5.41, 5.74) is 7.13. The summed E-state index contributed by atoms with van der Waals surface area (Å²) in [6.07, 6.45) is -0.431. The average Bonchev–Trinajstić information content (AvgIpc) is 3.16. The second kappa shape index (κ2) is 8.99. The van der Waals surface area contributed by atoms with Gasteiger partial charge in [-0.15, -0.1) is 10.2 Å². The molecule has 6 heteroatoms. The van der Waals surface area contributed by atoms with Crippen molar-refractivity contribution in [2.75, 3.05) is 19.6 Å². The van der Waals surface area contributed by atoms with E-state index in [1.807, 2.05) is 36.7 Å². The van der Waals surface area contributed by atoms with E-state index >= 15 is 0 Å². The molecule has 0 saturated heterocycles. The monoisotopic (exact) mass is 380 g/mol. The van der Waals surface area contributed by atoms with Crippen LogP contribution in [0.15, 0.2) is 54.6 Å². The first-order valence-corrected chi connectivity index (χ1v) is 9.44. The van der Waals surface area contributed by atoms with Gasteiger partial charge in [-0.3, -0.25) is 0 Å². The predicted octanol–water partition coefficient (Wildman–Crippen LogP) is 4.33. The number of rotatable bonds is 8. The molecule has 6 nitrogen and oxygen atoms in total. The molecular formula is C22H28N4O2. The van der Waals surface area contributed by atoms with E-state index in [4.69, 9.17) is 9.47 Å². The topological polar surface area (TPSA) is 61.2 Å². The SMILES string of the molecule is CO[C@@H](C)c1nnc([C@H](C)OC)n1N[C@H](c1ccccc1)c1ccc(C)cc1. The minimum Gasteiger partial charge on any atom is -0.374 e. The highest BCUT2D eigenvalue weighted by atomic mass is 16.5. The van der Waals surface area contributed by atoms with Crippen LogP contribution in [0.1, 0.15) is 60.4 Å². The van der Waals surface area contributed by atoms with Crippen LogP contribution in [0.25, 0.3) is 0 Å². The maximum absolute atomic E-state index is 5.51. The highest BCUT2D eigenvalue weighted by Gasteiger charge is 2.24. The van der Waals surface area contributed by atoms with E-state index in [0.29, 0.717) is 11.6 Å². The quantitative estimate of drug-likeness (QED) is 0.630. The Morgan fingerprint density at radius 1 is 0.786 bits per heavy atom. The zero-order chi connectivity index (χ0) is 20.1. The second-order valence-electron chi connectivity index (χ2n) is 6.89. The van der Waals surface area contributed by atoms with Gasteiger partial charge in [0.1, 0.15) is 12.2 Å². The summed E-state index contributed by atoms with van der Waals surface area (Å²) in [5, 5.41) is 8.71. The van der Waals surface area contributed by atoms with Crippen molar-refractivity contribution in [1.29, 1.82) is 0 Å². The predicted molar refractivity (Wildman–Crippen MR) is 110 cm³/mol. The van der Waals surface area contributed by atoms with Gasteiger partial charge in [0.25, 0.3) is 0 Å². The van der Waals surface area contributed by atoms with E-state index in [2.05, 4.69) is 58.9 Å². The molecule has 1 aromatic heterocycles. The van der Waals surface area contributed by atoms with Crippen molar-refractivity contribution in [3.8, 4) is 0 Å². The van der Waals surface area contributed by atoms with Crippen molar-refractivity contribution < 1.29 is 9.47 Å². The molecule has 0 spiro atoms. The maximum atomic E-state index is 5.51. The van der Waals surface area contributed by atoms with E-state index < -0.39 is 0 Å². The van der Waals surface area contributed by atoms with Crippen molar-refractivity contribution in [2.24, 2.45) is 0 Å². The summed E-state index contributed by atoms with van der Waals surface area (Å²) in [5.74, 6) is 1.41. The zero-order valence-corrected chi connectivity index (χ0v) is 17.1. The van der Waals surface area contributed by atoms with Gasteiger partial charge in [-0.05, 0) is 31.9 Å². The molecule has 1 N–H and O–H groups in total. The van der Waals surface area contributed by atoms with E-state index in [-0.39, 0.29) is 18.2 Å². The molecule has 28 heavy (non-hydrogen) atoms. The number of nitrogens with zero attached hydrogens (tertiary/aromatic N) is 3. The number of methoxy groups -OCH3 is 2. The minimum absolute atomic E-state index is 0.0802. The molecule has 0 aliphatic heterocycles. The van der Waals surface area contributed by atoms with Crippen LogP contribution in [-0.4, -0.2) is 29.1 Å². The van der Waals surface area contributed by atoms with Gasteiger partial charge in [0.15, 0.2) is 11.6 Å². The molecule has 0 aliphatic rings. The normalized spacial score (nSPS) is 14.5. The van der Waals surface area contributed by atoms with Gasteiger partial charge in [-0.2, -0.15) is 0 Å². The van der Waals surface area contributed by atoms with Gasteiger partial charge in [0.05, 0.1) is 6.04 Å². The second-order valence-corrected chi connectivity index (χ2v) is 6.89. The Morgan fingerprint density at radius 3 is 1.79 bits per heavy atom. The van der Waals surface area contributed by atoms with Gasteiger partial charge in [-0.1, -0.05) is 60.2 Å². The van der Waals surface area contributed by atoms with Crippen LogP contribution in [0, 0.1) is 6.92 Å². The lowest BCUT2D eigenvalue weighted by Crippen LogP contribution is -2.27. The Kier molecular flexibility index (Phi) is 6.44. The van der Waals surface area contributed by atoms with Gasteiger partial charge in [-0.25, -0.2) is 4.68 Å². The summed E-state index contributed by atoms with van der Waals surface area (Å²) in [7, 11) is 3.33. The zero-order valence-electron chi connectivity index (χ0n) is 17.1. The number of aromatic nitrogens is 3. The largest absolute Gasteiger partial charge is 0.374 e. The van der Waals surface area contributed by atoms with E-state index in [1.54, 1.807) is 14.2 Å². The van der Waals surface area contributed by atoms with Crippen molar-refractivity contribution in [2.45, 2.75) is 39.0 Å². The van der Waals surface area contributed by atoms with Crippen LogP contribution >= 0.6 is 0 Å². The third-order valence-electron chi connectivity index (χ3n) is 4.95. The Bertz CT molecular complexity index is 850. The van der Waals surface area contributed by atoms with Crippen molar-refractivity contribution in [3.63, 3.8) is 0 Å². The molecule has 0 aliphatic carbocycles. The number of hydrogen-bond donors (Lipinski definition) is 1. The standard InChI is InChI=1S/C22H28N4O2/c1-15-11-13-19(14-12-15)20(18-9-7-6-8-10-18)25-26-21(16(2)27-4)23-24-22(26)17(3)28-5/h6-14,16-17,20,25H,1-5H3/t16-,17-,20+/m0/s1. The first kappa shape index (κ1) is 20.0. The molecule has 3 atom stereocenters. The molecular weight excluding hydrogens is 352 g/mol. The number of hydrogen-bond acceptors (Lipinski definition) is 5. The summed E-state index contributed by atoms with van der Waals surface area (Å²) in [6, 6.07) is 18.8. The van der Waals surface area contributed by atoms with Crippen molar-refractivity contribution in [1.82, 2.24) is 14.9 Å². The highest BCUT2D eigenvalue weighted by Crippen LogP contribution is 2.27. The van der Waals surface area contributed by atoms with Crippen molar-refractivity contribution >= 4 is 0 Å². The lowest BCUT2D eigenvalue weighted by atomic mass is 9.98. The molecule has 0 unspecified atom stereocenters. The minimum atomic E-state index is -0.216. The third kappa shape index (κ3) is 4.24. The van der Waals surface area contributed by atoms with Crippen LogP contribution in [0.3, 0.4) is 0 Å². The molecule has 2 aromatic carbocycles. The van der Waals surface area contributed by atoms with Crippen LogP contribution < -0.4 is 5.43 Å². The molecule has 0 fully saturated rings. The molecule has 0 radical (unpaired) electrons. The highest BCUT2D eigenvalue weighted by molar-refractivity contribution is 5.36. The summed E-state index contributed by atoms with van der Waals surface area (Å²) in [4.78, 5) is 0. The van der Waals surface area contributed by atoms with Gasteiger partial charge in [0.2, 0.25) is 0 Å². The molecule has 3 aromatic rings. The first-order chi connectivity index (χ1) is 13.5. The Hall–Kier alpha value is -2.70.